The molecule has 0 aliphatic heterocycles. The second kappa shape index (κ2) is 6.59. The van der Waals surface area contributed by atoms with Crippen LogP contribution in [-0.2, 0) is 5.41 Å². The molecular formula is C17H18Cl2N2O. The highest BCUT2D eigenvalue weighted by Crippen LogP contribution is 2.26. The average molecular weight is 337 g/mol. The van der Waals surface area contributed by atoms with Gasteiger partial charge in [-0.05, 0) is 41.3 Å². The number of rotatable bonds is 2. The van der Waals surface area contributed by atoms with E-state index in [4.69, 9.17) is 23.2 Å². The van der Waals surface area contributed by atoms with E-state index in [0.29, 0.717) is 21.4 Å². The summed E-state index contributed by atoms with van der Waals surface area (Å²) in [5.74, 6) is 0. The van der Waals surface area contributed by atoms with E-state index < -0.39 is 0 Å². The van der Waals surface area contributed by atoms with Crippen molar-refractivity contribution in [2.75, 3.05) is 10.6 Å². The molecule has 22 heavy (non-hydrogen) atoms. The molecule has 3 nitrogen and oxygen atoms in total. The SMILES string of the molecule is CC(C)(C)c1ccc(NC(=O)Nc2cc(Cl)ccc2Cl)cc1. The van der Waals surface area contributed by atoms with Crippen LogP contribution in [-0.4, -0.2) is 6.03 Å². The first-order valence-corrected chi connectivity index (χ1v) is 7.65. The van der Waals surface area contributed by atoms with Gasteiger partial charge >= 0.3 is 6.03 Å². The van der Waals surface area contributed by atoms with Crippen molar-refractivity contribution in [2.45, 2.75) is 26.2 Å². The fourth-order valence-electron chi connectivity index (χ4n) is 1.93. The molecule has 116 valence electrons. The number of urea groups is 1. The number of amides is 2. The minimum Gasteiger partial charge on any atom is -0.308 e. The minimum atomic E-state index is -0.368. The number of nitrogens with one attached hydrogen (secondary N) is 2. The Morgan fingerprint density at radius 2 is 1.59 bits per heavy atom. The standard InChI is InChI=1S/C17H18Cl2N2O/c1-17(2,3)11-4-7-13(8-5-11)20-16(22)21-15-10-12(18)6-9-14(15)19/h4-10H,1-3H3,(H2,20,21,22). The lowest BCUT2D eigenvalue weighted by molar-refractivity contribution is 0.262. The van der Waals surface area contributed by atoms with E-state index in [9.17, 15) is 4.79 Å². The van der Waals surface area contributed by atoms with Crippen molar-refractivity contribution in [1.82, 2.24) is 0 Å². The third-order valence-corrected chi connectivity index (χ3v) is 3.75. The van der Waals surface area contributed by atoms with Crippen molar-refractivity contribution in [2.24, 2.45) is 0 Å². The van der Waals surface area contributed by atoms with Crippen LogP contribution in [0.2, 0.25) is 10.0 Å². The maximum atomic E-state index is 12.0. The molecule has 2 rings (SSSR count). The topological polar surface area (TPSA) is 41.1 Å². The van der Waals surface area contributed by atoms with E-state index in [1.54, 1.807) is 18.2 Å². The van der Waals surface area contributed by atoms with Crippen LogP contribution in [0.4, 0.5) is 16.2 Å². The van der Waals surface area contributed by atoms with Gasteiger partial charge in [0.15, 0.2) is 0 Å². The van der Waals surface area contributed by atoms with Gasteiger partial charge in [0.25, 0.3) is 0 Å². The molecule has 0 atom stereocenters. The summed E-state index contributed by atoms with van der Waals surface area (Å²) in [7, 11) is 0. The summed E-state index contributed by atoms with van der Waals surface area (Å²) in [4.78, 5) is 12.0. The second-order valence-corrected chi connectivity index (χ2v) is 6.87. The normalized spacial score (nSPS) is 11.1. The molecule has 2 amide bonds. The van der Waals surface area contributed by atoms with Crippen molar-refractivity contribution in [1.29, 1.82) is 0 Å². The zero-order chi connectivity index (χ0) is 16.3. The van der Waals surface area contributed by atoms with Crippen molar-refractivity contribution in [3.8, 4) is 0 Å². The van der Waals surface area contributed by atoms with Crippen molar-refractivity contribution < 1.29 is 4.79 Å². The zero-order valence-corrected chi connectivity index (χ0v) is 14.2. The molecule has 0 unspecified atom stereocenters. The van der Waals surface area contributed by atoms with Gasteiger partial charge in [-0.15, -0.1) is 0 Å². The Kier molecular flexibility index (Phi) is 4.99. The Bertz CT molecular complexity index is 676. The first-order valence-electron chi connectivity index (χ1n) is 6.89. The fraction of sp³-hybridized carbons (Fsp3) is 0.235. The molecular weight excluding hydrogens is 319 g/mol. The number of carbonyl (C=O) groups is 1. The lowest BCUT2D eigenvalue weighted by atomic mass is 9.87. The molecule has 2 aromatic carbocycles. The molecule has 0 saturated carbocycles. The summed E-state index contributed by atoms with van der Waals surface area (Å²) in [6.07, 6.45) is 0. The summed E-state index contributed by atoms with van der Waals surface area (Å²) in [6, 6.07) is 12.3. The third-order valence-electron chi connectivity index (χ3n) is 3.19. The van der Waals surface area contributed by atoms with Crippen LogP contribution in [0.25, 0.3) is 0 Å². The number of anilines is 2. The molecule has 5 heteroatoms. The third kappa shape index (κ3) is 4.39. The Morgan fingerprint density at radius 3 is 2.18 bits per heavy atom. The Morgan fingerprint density at radius 1 is 0.955 bits per heavy atom. The van der Waals surface area contributed by atoms with Gasteiger partial charge in [0.1, 0.15) is 0 Å². The summed E-state index contributed by atoms with van der Waals surface area (Å²) in [6.45, 7) is 6.43. The number of hydrogen-bond acceptors (Lipinski definition) is 1. The van der Waals surface area contributed by atoms with Gasteiger partial charge in [-0.25, -0.2) is 4.79 Å². The smallest absolute Gasteiger partial charge is 0.308 e. The average Bonchev–Trinajstić information content (AvgIpc) is 2.42. The van der Waals surface area contributed by atoms with Gasteiger partial charge in [0.2, 0.25) is 0 Å². The molecule has 0 spiro atoms. The Labute approximate surface area is 140 Å². The van der Waals surface area contributed by atoms with Crippen LogP contribution in [0.1, 0.15) is 26.3 Å². The molecule has 0 aliphatic rings. The summed E-state index contributed by atoms with van der Waals surface area (Å²) >= 11 is 11.9. The van der Waals surface area contributed by atoms with Crippen molar-refractivity contribution in [3.63, 3.8) is 0 Å². The monoisotopic (exact) mass is 336 g/mol. The van der Waals surface area contributed by atoms with Crippen LogP contribution in [0, 0.1) is 0 Å². The quantitative estimate of drug-likeness (QED) is 0.700. The van der Waals surface area contributed by atoms with Gasteiger partial charge in [-0.1, -0.05) is 56.1 Å². The summed E-state index contributed by atoms with van der Waals surface area (Å²) in [5.41, 5.74) is 2.47. The first-order chi connectivity index (χ1) is 10.3. The van der Waals surface area contributed by atoms with E-state index in [1.165, 1.54) is 5.56 Å². The second-order valence-electron chi connectivity index (χ2n) is 6.03. The maximum absolute atomic E-state index is 12.0. The molecule has 0 fully saturated rings. The van der Waals surface area contributed by atoms with Crippen LogP contribution >= 0.6 is 23.2 Å². The molecule has 0 saturated heterocycles. The lowest BCUT2D eigenvalue weighted by Gasteiger charge is -2.19. The van der Waals surface area contributed by atoms with Crippen LogP contribution in [0.3, 0.4) is 0 Å². The first kappa shape index (κ1) is 16.7. The van der Waals surface area contributed by atoms with Crippen LogP contribution < -0.4 is 10.6 Å². The van der Waals surface area contributed by atoms with E-state index >= 15 is 0 Å². The Balaban J connectivity index is 2.04. The predicted molar refractivity (Wildman–Crippen MR) is 94.2 cm³/mol. The van der Waals surface area contributed by atoms with Gasteiger partial charge in [0.05, 0.1) is 10.7 Å². The largest absolute Gasteiger partial charge is 0.323 e. The van der Waals surface area contributed by atoms with Gasteiger partial charge < -0.3 is 10.6 Å². The van der Waals surface area contributed by atoms with Gasteiger partial charge in [0, 0.05) is 10.7 Å². The molecule has 0 heterocycles. The van der Waals surface area contributed by atoms with E-state index in [1.807, 2.05) is 24.3 Å². The Hall–Kier alpha value is -1.71. The highest BCUT2D eigenvalue weighted by atomic mass is 35.5. The van der Waals surface area contributed by atoms with E-state index in [-0.39, 0.29) is 11.4 Å². The minimum absolute atomic E-state index is 0.0785. The number of carbonyl (C=O) groups excluding carboxylic acids is 1. The fourth-order valence-corrected chi connectivity index (χ4v) is 2.27. The van der Waals surface area contributed by atoms with Gasteiger partial charge in [-0.2, -0.15) is 0 Å². The number of halogens is 2. The lowest BCUT2D eigenvalue weighted by Crippen LogP contribution is -2.19. The van der Waals surface area contributed by atoms with Crippen molar-refractivity contribution >= 4 is 40.6 Å². The molecule has 2 aromatic rings. The highest BCUT2D eigenvalue weighted by molar-refractivity contribution is 6.35. The summed E-state index contributed by atoms with van der Waals surface area (Å²) < 4.78 is 0. The predicted octanol–water partition coefficient (Wildman–Crippen LogP) is 5.93. The molecule has 0 radical (unpaired) electrons. The zero-order valence-electron chi connectivity index (χ0n) is 12.7. The van der Waals surface area contributed by atoms with Gasteiger partial charge in [-0.3, -0.25) is 0 Å². The van der Waals surface area contributed by atoms with Crippen LogP contribution in [0.15, 0.2) is 42.5 Å². The molecule has 0 aromatic heterocycles. The highest BCUT2D eigenvalue weighted by Gasteiger charge is 2.13. The van der Waals surface area contributed by atoms with E-state index in [0.717, 1.165) is 0 Å². The van der Waals surface area contributed by atoms with E-state index in [2.05, 4.69) is 31.4 Å². The molecule has 0 aliphatic carbocycles. The number of benzene rings is 2. The molecule has 2 N–H and O–H groups in total. The summed E-state index contributed by atoms with van der Waals surface area (Å²) in [5, 5.41) is 6.38. The van der Waals surface area contributed by atoms with Crippen molar-refractivity contribution in [3.05, 3.63) is 58.1 Å². The number of hydrogen-bond donors (Lipinski definition) is 2. The maximum Gasteiger partial charge on any atom is 0.323 e. The van der Waals surface area contributed by atoms with Crippen LogP contribution in [0.5, 0.6) is 0 Å². The molecule has 0 bridgehead atoms.